The van der Waals surface area contributed by atoms with Crippen LogP contribution >= 0.6 is 11.6 Å². The van der Waals surface area contributed by atoms with Crippen LogP contribution in [0.3, 0.4) is 0 Å². The van der Waals surface area contributed by atoms with Crippen molar-refractivity contribution in [3.8, 4) is 0 Å². The fourth-order valence-electron chi connectivity index (χ4n) is 2.39. The highest BCUT2D eigenvalue weighted by Gasteiger charge is 2.30. The van der Waals surface area contributed by atoms with Gasteiger partial charge in [-0.2, -0.15) is 0 Å². The summed E-state index contributed by atoms with van der Waals surface area (Å²) in [5.74, 6) is 1.40. The molecule has 3 nitrogen and oxygen atoms in total. The number of hydrogen-bond acceptors (Lipinski definition) is 2. The Labute approximate surface area is 110 Å². The summed E-state index contributed by atoms with van der Waals surface area (Å²) >= 11 is 5.57. The minimum Gasteiger partial charge on any atom is -0.356 e. The monoisotopic (exact) mass is 260 g/mol. The smallest absolute Gasteiger partial charge is 0.220 e. The van der Waals surface area contributed by atoms with Crippen molar-refractivity contribution >= 4 is 17.5 Å². The number of nitrogens with one attached hydrogen (secondary N) is 2. The van der Waals surface area contributed by atoms with Crippen LogP contribution in [0.25, 0.3) is 0 Å². The van der Waals surface area contributed by atoms with Crippen LogP contribution in [0, 0.1) is 11.3 Å². The molecule has 0 bridgehead atoms. The molecule has 1 heterocycles. The number of halogens is 1. The highest BCUT2D eigenvalue weighted by molar-refractivity contribution is 6.17. The summed E-state index contributed by atoms with van der Waals surface area (Å²) in [4.78, 5) is 11.5. The van der Waals surface area contributed by atoms with Crippen LogP contribution in [0.2, 0.25) is 0 Å². The Morgan fingerprint density at radius 2 is 2.06 bits per heavy atom. The SMILES string of the molecule is CC(C)(CNC(=O)CCCCl)C1CCNCC1. The lowest BCUT2D eigenvalue weighted by Gasteiger charge is -2.37. The highest BCUT2D eigenvalue weighted by atomic mass is 35.5. The van der Waals surface area contributed by atoms with Crippen molar-refractivity contribution in [3.05, 3.63) is 0 Å². The van der Waals surface area contributed by atoms with Gasteiger partial charge in [-0.3, -0.25) is 4.79 Å². The van der Waals surface area contributed by atoms with Gasteiger partial charge in [0, 0.05) is 18.8 Å². The van der Waals surface area contributed by atoms with Gasteiger partial charge in [0.15, 0.2) is 0 Å². The zero-order valence-corrected chi connectivity index (χ0v) is 11.8. The first-order valence-electron chi connectivity index (χ1n) is 6.59. The van der Waals surface area contributed by atoms with Crippen molar-refractivity contribution in [1.29, 1.82) is 0 Å². The van der Waals surface area contributed by atoms with E-state index < -0.39 is 0 Å². The van der Waals surface area contributed by atoms with Gasteiger partial charge in [0.25, 0.3) is 0 Å². The largest absolute Gasteiger partial charge is 0.356 e. The molecule has 4 heteroatoms. The van der Waals surface area contributed by atoms with Crippen molar-refractivity contribution in [2.75, 3.05) is 25.5 Å². The molecule has 1 aliphatic rings. The molecular weight excluding hydrogens is 236 g/mol. The van der Waals surface area contributed by atoms with E-state index in [1.54, 1.807) is 0 Å². The van der Waals surface area contributed by atoms with E-state index in [2.05, 4.69) is 24.5 Å². The second-order valence-electron chi connectivity index (χ2n) is 5.58. The lowest BCUT2D eigenvalue weighted by Crippen LogP contribution is -2.42. The number of carbonyl (C=O) groups excluding carboxylic acids is 1. The van der Waals surface area contributed by atoms with Crippen LogP contribution < -0.4 is 10.6 Å². The number of amides is 1. The summed E-state index contributed by atoms with van der Waals surface area (Å²) in [6.45, 7) is 7.50. The van der Waals surface area contributed by atoms with Gasteiger partial charge in [-0.25, -0.2) is 0 Å². The fraction of sp³-hybridized carbons (Fsp3) is 0.923. The third-order valence-corrected chi connectivity index (χ3v) is 3.99. The predicted molar refractivity (Wildman–Crippen MR) is 72.3 cm³/mol. The molecule has 1 aliphatic heterocycles. The zero-order chi connectivity index (χ0) is 12.7. The summed E-state index contributed by atoms with van der Waals surface area (Å²) in [5, 5.41) is 6.41. The molecule has 0 atom stereocenters. The number of alkyl halides is 1. The molecule has 1 amide bonds. The second kappa shape index (κ2) is 7.22. The minimum atomic E-state index is 0.132. The Hall–Kier alpha value is -0.280. The van der Waals surface area contributed by atoms with E-state index in [0.717, 1.165) is 26.1 Å². The van der Waals surface area contributed by atoms with E-state index in [4.69, 9.17) is 11.6 Å². The van der Waals surface area contributed by atoms with E-state index in [0.29, 0.717) is 18.2 Å². The molecule has 0 saturated carbocycles. The van der Waals surface area contributed by atoms with Crippen LogP contribution in [-0.4, -0.2) is 31.4 Å². The summed E-state index contributed by atoms with van der Waals surface area (Å²) in [6.07, 6.45) is 3.74. The standard InChI is InChI=1S/C13H25ClN2O/c1-13(2,11-5-8-15-9-6-11)10-16-12(17)4-3-7-14/h11,15H,3-10H2,1-2H3,(H,16,17). The fourth-order valence-corrected chi connectivity index (χ4v) is 2.52. The lowest BCUT2D eigenvalue weighted by atomic mass is 9.74. The van der Waals surface area contributed by atoms with Crippen molar-refractivity contribution < 1.29 is 4.79 Å². The van der Waals surface area contributed by atoms with Crippen molar-refractivity contribution in [2.24, 2.45) is 11.3 Å². The predicted octanol–water partition coefficient (Wildman–Crippen LogP) is 2.15. The van der Waals surface area contributed by atoms with Gasteiger partial charge in [0.1, 0.15) is 0 Å². The molecule has 1 fully saturated rings. The molecule has 0 aliphatic carbocycles. The maximum atomic E-state index is 11.5. The Balaban J connectivity index is 2.29. The molecule has 0 spiro atoms. The lowest BCUT2D eigenvalue weighted by molar-refractivity contribution is -0.121. The summed E-state index contributed by atoms with van der Waals surface area (Å²) in [6, 6.07) is 0. The first-order valence-corrected chi connectivity index (χ1v) is 7.13. The van der Waals surface area contributed by atoms with Crippen LogP contribution in [0.4, 0.5) is 0 Å². The molecule has 1 saturated heterocycles. The number of hydrogen-bond donors (Lipinski definition) is 2. The topological polar surface area (TPSA) is 41.1 Å². The number of piperidine rings is 1. The van der Waals surface area contributed by atoms with Gasteiger partial charge in [0.2, 0.25) is 5.91 Å². The van der Waals surface area contributed by atoms with Gasteiger partial charge in [0.05, 0.1) is 0 Å². The molecule has 0 radical (unpaired) electrons. The van der Waals surface area contributed by atoms with Crippen LogP contribution in [-0.2, 0) is 4.79 Å². The van der Waals surface area contributed by atoms with Crippen LogP contribution in [0.1, 0.15) is 39.5 Å². The summed E-state index contributed by atoms with van der Waals surface area (Å²) in [7, 11) is 0. The van der Waals surface area contributed by atoms with E-state index in [1.807, 2.05) is 0 Å². The van der Waals surface area contributed by atoms with Crippen LogP contribution in [0.5, 0.6) is 0 Å². The third-order valence-electron chi connectivity index (χ3n) is 3.72. The van der Waals surface area contributed by atoms with Gasteiger partial charge in [-0.1, -0.05) is 13.8 Å². The Kier molecular flexibility index (Phi) is 6.28. The van der Waals surface area contributed by atoms with Crippen molar-refractivity contribution in [3.63, 3.8) is 0 Å². The highest BCUT2D eigenvalue weighted by Crippen LogP contribution is 2.32. The number of carbonyl (C=O) groups is 1. The molecular formula is C13H25ClN2O. The zero-order valence-electron chi connectivity index (χ0n) is 11.0. The maximum absolute atomic E-state index is 11.5. The average molecular weight is 261 g/mol. The van der Waals surface area contributed by atoms with Crippen LogP contribution in [0.15, 0.2) is 0 Å². The van der Waals surface area contributed by atoms with Gasteiger partial charge in [-0.15, -0.1) is 11.6 Å². The third kappa shape index (κ3) is 5.26. The van der Waals surface area contributed by atoms with Gasteiger partial charge in [-0.05, 0) is 43.7 Å². The van der Waals surface area contributed by atoms with Crippen molar-refractivity contribution in [2.45, 2.75) is 39.5 Å². The Bertz CT molecular complexity index is 238. The molecule has 2 N–H and O–H groups in total. The molecule has 17 heavy (non-hydrogen) atoms. The molecule has 0 aromatic rings. The van der Waals surface area contributed by atoms with E-state index in [-0.39, 0.29) is 11.3 Å². The minimum absolute atomic E-state index is 0.132. The normalized spacial score (nSPS) is 18.1. The molecule has 0 unspecified atom stereocenters. The Morgan fingerprint density at radius 3 is 2.65 bits per heavy atom. The van der Waals surface area contributed by atoms with E-state index in [9.17, 15) is 4.79 Å². The molecule has 1 rings (SSSR count). The van der Waals surface area contributed by atoms with E-state index in [1.165, 1.54) is 12.8 Å². The quantitative estimate of drug-likeness (QED) is 0.719. The molecule has 0 aromatic heterocycles. The molecule has 0 aromatic carbocycles. The second-order valence-corrected chi connectivity index (χ2v) is 5.96. The maximum Gasteiger partial charge on any atom is 0.220 e. The first-order chi connectivity index (χ1) is 8.06. The average Bonchev–Trinajstić information content (AvgIpc) is 2.35. The summed E-state index contributed by atoms with van der Waals surface area (Å²) < 4.78 is 0. The van der Waals surface area contributed by atoms with E-state index >= 15 is 0 Å². The van der Waals surface area contributed by atoms with Crippen molar-refractivity contribution in [1.82, 2.24) is 10.6 Å². The van der Waals surface area contributed by atoms with Gasteiger partial charge >= 0.3 is 0 Å². The van der Waals surface area contributed by atoms with Gasteiger partial charge < -0.3 is 10.6 Å². The number of rotatable bonds is 6. The summed E-state index contributed by atoms with van der Waals surface area (Å²) in [5.41, 5.74) is 0.193. The molecule has 100 valence electrons. The Morgan fingerprint density at radius 1 is 1.41 bits per heavy atom. The first kappa shape index (κ1) is 14.8.